The van der Waals surface area contributed by atoms with Crippen LogP contribution in [0.3, 0.4) is 0 Å². The van der Waals surface area contributed by atoms with Gasteiger partial charge in [0.2, 0.25) is 0 Å². The predicted octanol–water partition coefficient (Wildman–Crippen LogP) is 4.13. The van der Waals surface area contributed by atoms with Crippen LogP contribution < -0.4 is 19.5 Å². The van der Waals surface area contributed by atoms with Crippen LogP contribution in [-0.4, -0.2) is 37.8 Å². The molecule has 0 aliphatic heterocycles. The number of nitrogens with zero attached hydrogens (tertiary/aromatic N) is 2. The topological polar surface area (TPSA) is 65.5 Å². The Balaban J connectivity index is 1.68. The first-order valence-electron chi connectivity index (χ1n) is 9.08. The molecule has 0 bridgehead atoms. The van der Waals surface area contributed by atoms with Crippen LogP contribution in [0.2, 0.25) is 0 Å². The van der Waals surface area contributed by atoms with Crippen LogP contribution in [-0.2, 0) is 6.42 Å². The number of benzene rings is 2. The predicted molar refractivity (Wildman–Crippen MR) is 110 cm³/mol. The summed E-state index contributed by atoms with van der Waals surface area (Å²) in [6.45, 7) is 2.64. The van der Waals surface area contributed by atoms with Gasteiger partial charge in [0, 0.05) is 18.2 Å². The van der Waals surface area contributed by atoms with Crippen molar-refractivity contribution < 1.29 is 14.2 Å². The molecule has 0 saturated carbocycles. The van der Waals surface area contributed by atoms with Crippen molar-refractivity contribution in [2.45, 2.75) is 13.3 Å². The lowest BCUT2D eigenvalue weighted by Gasteiger charge is -2.11. The van der Waals surface area contributed by atoms with E-state index in [0.717, 1.165) is 58.7 Å². The summed E-state index contributed by atoms with van der Waals surface area (Å²) in [6.07, 6.45) is 0.835. The molecule has 3 aromatic rings. The number of methoxy groups -OCH3 is 3. The Hall–Kier alpha value is -3.28. The Morgan fingerprint density at radius 3 is 2.25 bits per heavy atom. The van der Waals surface area contributed by atoms with Crippen LogP contribution in [0.1, 0.15) is 11.4 Å². The number of rotatable bonds is 8. The SMILES string of the molecule is COc1ccc(-c2cc(NCCc3ccc(OC)c(OC)c3)nc(C)n2)cc1. The third kappa shape index (κ3) is 4.71. The van der Waals surface area contributed by atoms with Crippen molar-refractivity contribution in [3.05, 3.63) is 59.9 Å². The molecular formula is C22H25N3O3. The molecule has 0 spiro atoms. The summed E-state index contributed by atoms with van der Waals surface area (Å²) in [4.78, 5) is 9.04. The van der Waals surface area contributed by atoms with E-state index >= 15 is 0 Å². The minimum absolute atomic E-state index is 0.724. The van der Waals surface area contributed by atoms with Crippen molar-refractivity contribution in [2.24, 2.45) is 0 Å². The van der Waals surface area contributed by atoms with Crippen molar-refractivity contribution in [1.82, 2.24) is 9.97 Å². The van der Waals surface area contributed by atoms with Gasteiger partial charge in [-0.3, -0.25) is 0 Å². The molecule has 0 saturated heterocycles. The van der Waals surface area contributed by atoms with Gasteiger partial charge in [-0.05, 0) is 55.3 Å². The summed E-state index contributed by atoms with van der Waals surface area (Å²) in [5.74, 6) is 3.82. The second-order valence-electron chi connectivity index (χ2n) is 6.28. The highest BCUT2D eigenvalue weighted by Crippen LogP contribution is 2.28. The second-order valence-corrected chi connectivity index (χ2v) is 6.28. The van der Waals surface area contributed by atoms with Gasteiger partial charge in [0.15, 0.2) is 11.5 Å². The molecule has 0 unspecified atom stereocenters. The maximum atomic E-state index is 5.36. The number of aromatic nitrogens is 2. The first-order valence-corrected chi connectivity index (χ1v) is 9.08. The lowest BCUT2D eigenvalue weighted by molar-refractivity contribution is 0.354. The molecule has 1 aromatic heterocycles. The van der Waals surface area contributed by atoms with Crippen LogP contribution in [0.4, 0.5) is 5.82 Å². The van der Waals surface area contributed by atoms with E-state index in [2.05, 4.69) is 15.3 Å². The third-order valence-corrected chi connectivity index (χ3v) is 4.39. The molecule has 0 atom stereocenters. The van der Waals surface area contributed by atoms with E-state index in [1.807, 2.05) is 55.5 Å². The average Bonchev–Trinajstić information content (AvgIpc) is 2.73. The Morgan fingerprint density at radius 2 is 1.57 bits per heavy atom. The van der Waals surface area contributed by atoms with Crippen molar-refractivity contribution in [3.63, 3.8) is 0 Å². The van der Waals surface area contributed by atoms with Crippen molar-refractivity contribution in [3.8, 4) is 28.5 Å². The smallest absolute Gasteiger partial charge is 0.160 e. The number of ether oxygens (including phenoxy) is 3. The summed E-state index contributed by atoms with van der Waals surface area (Å²) >= 11 is 0. The molecule has 6 nitrogen and oxygen atoms in total. The second kappa shape index (κ2) is 9.08. The van der Waals surface area contributed by atoms with E-state index < -0.39 is 0 Å². The van der Waals surface area contributed by atoms with E-state index in [9.17, 15) is 0 Å². The van der Waals surface area contributed by atoms with Gasteiger partial charge in [-0.2, -0.15) is 0 Å². The maximum Gasteiger partial charge on any atom is 0.160 e. The molecule has 2 aromatic carbocycles. The Kier molecular flexibility index (Phi) is 6.32. The van der Waals surface area contributed by atoms with Crippen molar-refractivity contribution in [1.29, 1.82) is 0 Å². The zero-order chi connectivity index (χ0) is 19.9. The maximum absolute atomic E-state index is 5.36. The van der Waals surface area contributed by atoms with Gasteiger partial charge in [0.1, 0.15) is 17.4 Å². The number of hydrogen-bond donors (Lipinski definition) is 1. The zero-order valence-electron chi connectivity index (χ0n) is 16.7. The van der Waals surface area contributed by atoms with Gasteiger partial charge >= 0.3 is 0 Å². The molecular weight excluding hydrogens is 354 g/mol. The fraction of sp³-hybridized carbons (Fsp3) is 0.273. The summed E-state index contributed by atoms with van der Waals surface area (Å²) in [5, 5.41) is 3.38. The van der Waals surface area contributed by atoms with Crippen LogP contribution >= 0.6 is 0 Å². The molecule has 0 aliphatic carbocycles. The third-order valence-electron chi connectivity index (χ3n) is 4.39. The average molecular weight is 379 g/mol. The molecule has 1 heterocycles. The van der Waals surface area contributed by atoms with Crippen LogP contribution in [0, 0.1) is 6.92 Å². The number of hydrogen-bond acceptors (Lipinski definition) is 6. The molecule has 0 amide bonds. The van der Waals surface area contributed by atoms with E-state index in [1.54, 1.807) is 21.3 Å². The lowest BCUT2D eigenvalue weighted by Crippen LogP contribution is -2.08. The molecule has 1 N–H and O–H groups in total. The molecule has 146 valence electrons. The molecule has 3 rings (SSSR count). The van der Waals surface area contributed by atoms with Gasteiger partial charge in [0.05, 0.1) is 27.0 Å². The monoisotopic (exact) mass is 379 g/mol. The number of aryl methyl sites for hydroxylation is 1. The fourth-order valence-corrected chi connectivity index (χ4v) is 2.94. The van der Waals surface area contributed by atoms with Gasteiger partial charge in [0.25, 0.3) is 0 Å². The van der Waals surface area contributed by atoms with Gasteiger partial charge < -0.3 is 19.5 Å². The molecule has 0 fully saturated rings. The Bertz CT molecular complexity index is 927. The van der Waals surface area contributed by atoms with Gasteiger partial charge in [-0.1, -0.05) is 6.07 Å². The summed E-state index contributed by atoms with van der Waals surface area (Å²) in [6, 6.07) is 15.8. The van der Waals surface area contributed by atoms with Gasteiger partial charge in [-0.25, -0.2) is 9.97 Å². The number of anilines is 1. The van der Waals surface area contributed by atoms with E-state index in [0.29, 0.717) is 0 Å². The Labute approximate surface area is 165 Å². The summed E-state index contributed by atoms with van der Waals surface area (Å²) in [7, 11) is 4.94. The molecule has 6 heteroatoms. The largest absolute Gasteiger partial charge is 0.497 e. The molecule has 28 heavy (non-hydrogen) atoms. The van der Waals surface area contributed by atoms with Gasteiger partial charge in [-0.15, -0.1) is 0 Å². The minimum Gasteiger partial charge on any atom is -0.497 e. The van der Waals surface area contributed by atoms with Crippen LogP contribution in [0.25, 0.3) is 11.3 Å². The van der Waals surface area contributed by atoms with Crippen molar-refractivity contribution >= 4 is 5.82 Å². The summed E-state index contributed by atoms with van der Waals surface area (Å²) in [5.41, 5.74) is 3.06. The van der Waals surface area contributed by atoms with E-state index in [4.69, 9.17) is 14.2 Å². The molecule has 0 radical (unpaired) electrons. The molecule has 0 aliphatic rings. The van der Waals surface area contributed by atoms with E-state index in [-0.39, 0.29) is 0 Å². The normalized spacial score (nSPS) is 10.4. The highest BCUT2D eigenvalue weighted by molar-refractivity contribution is 5.63. The van der Waals surface area contributed by atoms with Crippen molar-refractivity contribution in [2.75, 3.05) is 33.2 Å². The standard InChI is InChI=1S/C22H25N3O3/c1-15-24-19(17-6-8-18(26-2)9-7-17)14-22(25-15)23-12-11-16-5-10-20(27-3)21(13-16)28-4/h5-10,13-14H,11-12H2,1-4H3,(H,23,24,25). The van der Waals surface area contributed by atoms with Crippen LogP contribution in [0.15, 0.2) is 48.5 Å². The number of nitrogens with one attached hydrogen (secondary N) is 1. The highest BCUT2D eigenvalue weighted by atomic mass is 16.5. The summed E-state index contributed by atoms with van der Waals surface area (Å²) < 4.78 is 15.9. The first kappa shape index (κ1) is 19.5. The highest BCUT2D eigenvalue weighted by Gasteiger charge is 2.07. The quantitative estimate of drug-likeness (QED) is 0.635. The fourth-order valence-electron chi connectivity index (χ4n) is 2.94. The lowest BCUT2D eigenvalue weighted by atomic mass is 10.1. The zero-order valence-corrected chi connectivity index (χ0v) is 16.7. The Morgan fingerprint density at radius 1 is 0.821 bits per heavy atom. The van der Waals surface area contributed by atoms with Crippen LogP contribution in [0.5, 0.6) is 17.2 Å². The minimum atomic E-state index is 0.724. The first-order chi connectivity index (χ1) is 13.6. The van der Waals surface area contributed by atoms with E-state index in [1.165, 1.54) is 0 Å².